The van der Waals surface area contributed by atoms with Crippen molar-refractivity contribution in [3.05, 3.63) is 154 Å². The monoisotopic (exact) mass is 789 g/mol. The maximum Gasteiger partial charge on any atom is 0.324 e. The second-order valence-electron chi connectivity index (χ2n) is 15.3. The second kappa shape index (κ2) is 15.3. The van der Waals surface area contributed by atoms with Crippen LogP contribution in [0.15, 0.2) is 115 Å². The first-order valence-corrected chi connectivity index (χ1v) is 19.7. The lowest BCUT2D eigenvalue weighted by atomic mass is 9.65. The van der Waals surface area contributed by atoms with E-state index >= 15 is 14.4 Å². The molecule has 2 fully saturated rings. The highest BCUT2D eigenvalue weighted by Crippen LogP contribution is 2.65. The van der Waals surface area contributed by atoms with E-state index in [0.717, 1.165) is 22.3 Å². The van der Waals surface area contributed by atoms with Gasteiger partial charge in [0.2, 0.25) is 11.8 Å². The first-order chi connectivity index (χ1) is 28.8. The Kier molecular flexibility index (Phi) is 9.83. The number of nitrogens with zero attached hydrogens (tertiary/aromatic N) is 2. The molecule has 9 rings (SSSR count). The summed E-state index contributed by atoms with van der Waals surface area (Å²) in [5, 5.41) is 23.2. The topological polar surface area (TPSA) is 138 Å². The summed E-state index contributed by atoms with van der Waals surface area (Å²) in [6, 6.07) is 32.3. The number of amides is 2. The Hall–Kier alpha value is -6.61. The van der Waals surface area contributed by atoms with Crippen LogP contribution >= 0.6 is 0 Å². The summed E-state index contributed by atoms with van der Waals surface area (Å²) in [6.45, 7) is 0.430. The summed E-state index contributed by atoms with van der Waals surface area (Å²) >= 11 is 0. The number of morpholine rings is 1. The Morgan fingerprint density at radius 1 is 0.847 bits per heavy atom. The highest BCUT2D eigenvalue weighted by Gasteiger charge is 2.74. The number of aromatic hydroxyl groups is 1. The molecule has 6 atom stereocenters. The van der Waals surface area contributed by atoms with Gasteiger partial charge in [-0.2, -0.15) is 0 Å². The number of fused-ring (bicyclic) bond motifs is 4. The van der Waals surface area contributed by atoms with Crippen molar-refractivity contribution in [2.75, 3.05) is 32.7 Å². The molecule has 5 aromatic rings. The maximum atomic E-state index is 15.9. The molecule has 298 valence electrons. The maximum absolute atomic E-state index is 15.9. The standard InChI is InChI=1S/C48H43N3O8/c1-57-38-26-33-22-23-50(28-34(33)27-39(38)58-2)45(54)40-42-46(55)59-43(31-14-7-4-8-15-31)41(30-12-5-3-6-13-30)51(42)44(32-17-19-35(53)20-18-32)48(40)36-25-29(11-9-10-24-52)16-21-37(36)49-47(48)56/h3-8,12-21,25-27,40-44,52-53H,10,22-24,28H2,1-2H3,(H,49,56)/t40-,41-,42-,43+,44+,48-/m1/s1. The number of cyclic esters (lactones) is 1. The zero-order valence-corrected chi connectivity index (χ0v) is 32.6. The van der Waals surface area contributed by atoms with Crippen molar-refractivity contribution in [2.45, 2.75) is 49.0 Å². The number of anilines is 1. The van der Waals surface area contributed by atoms with Crippen LogP contribution in [0.5, 0.6) is 17.2 Å². The van der Waals surface area contributed by atoms with Crippen LogP contribution in [0.1, 0.15) is 63.6 Å². The third kappa shape index (κ3) is 6.18. The van der Waals surface area contributed by atoms with Crippen LogP contribution in [-0.4, -0.2) is 71.2 Å². The van der Waals surface area contributed by atoms with Crippen molar-refractivity contribution in [1.82, 2.24) is 9.80 Å². The summed E-state index contributed by atoms with van der Waals surface area (Å²) < 4.78 is 17.8. The average Bonchev–Trinajstić information content (AvgIpc) is 3.74. The largest absolute Gasteiger partial charge is 0.508 e. The van der Waals surface area contributed by atoms with Gasteiger partial charge in [-0.05, 0) is 82.3 Å². The molecule has 0 aromatic heterocycles. The Morgan fingerprint density at radius 2 is 1.53 bits per heavy atom. The number of aliphatic hydroxyl groups excluding tert-OH is 1. The number of phenolic OH excluding ortho intramolecular Hbond substituents is 1. The van der Waals surface area contributed by atoms with Crippen molar-refractivity contribution >= 4 is 23.5 Å². The molecule has 0 unspecified atom stereocenters. The van der Waals surface area contributed by atoms with E-state index in [4.69, 9.17) is 14.2 Å². The van der Waals surface area contributed by atoms with Crippen molar-refractivity contribution < 1.29 is 38.8 Å². The SMILES string of the molecule is COc1cc2c(cc1OC)CN(C(=O)[C@H]1[C@@H]3C(=O)O[C@@H](c4ccccc4)[C@@H](c4ccccc4)N3[C@@H](c3ccc(O)cc3)[C@]13C(=O)Nc1ccc(C#CCCO)cc13)CC2. The van der Waals surface area contributed by atoms with E-state index in [-0.39, 0.29) is 31.2 Å². The normalized spacial score (nSPS) is 24.3. The third-order valence-corrected chi connectivity index (χ3v) is 12.3. The van der Waals surface area contributed by atoms with Crippen LogP contribution in [0.3, 0.4) is 0 Å². The van der Waals surface area contributed by atoms with Gasteiger partial charge in [-0.3, -0.25) is 19.3 Å². The molecular formula is C48H43N3O8. The average molecular weight is 790 g/mol. The number of hydrogen-bond acceptors (Lipinski definition) is 9. The molecule has 3 N–H and O–H groups in total. The van der Waals surface area contributed by atoms with E-state index in [1.165, 1.54) is 0 Å². The lowest BCUT2D eigenvalue weighted by molar-refractivity contribution is -0.179. The van der Waals surface area contributed by atoms with Crippen molar-refractivity contribution in [1.29, 1.82) is 0 Å². The quantitative estimate of drug-likeness (QED) is 0.134. The summed E-state index contributed by atoms with van der Waals surface area (Å²) in [4.78, 5) is 50.3. The fourth-order valence-electron chi connectivity index (χ4n) is 9.80. The molecule has 11 nitrogen and oxygen atoms in total. The number of rotatable bonds is 7. The Labute approximate surface area is 342 Å². The van der Waals surface area contributed by atoms with E-state index in [1.807, 2.05) is 83.8 Å². The van der Waals surface area contributed by atoms with Crippen LogP contribution in [0.4, 0.5) is 5.69 Å². The van der Waals surface area contributed by atoms with Gasteiger partial charge in [-0.15, -0.1) is 0 Å². The Bertz CT molecular complexity index is 2500. The van der Waals surface area contributed by atoms with Gasteiger partial charge in [-0.1, -0.05) is 84.6 Å². The summed E-state index contributed by atoms with van der Waals surface area (Å²) in [6.07, 6.45) is -0.0421. The fourth-order valence-corrected chi connectivity index (χ4v) is 9.80. The number of benzene rings is 5. The van der Waals surface area contributed by atoms with Gasteiger partial charge in [0.25, 0.3) is 0 Å². The molecule has 0 aliphatic carbocycles. The van der Waals surface area contributed by atoms with E-state index in [9.17, 15) is 10.2 Å². The molecule has 2 saturated heterocycles. The number of phenols is 1. The van der Waals surface area contributed by atoms with Crippen molar-refractivity contribution in [2.24, 2.45) is 5.92 Å². The van der Waals surface area contributed by atoms with Gasteiger partial charge in [0, 0.05) is 30.8 Å². The molecule has 59 heavy (non-hydrogen) atoms. The Balaban J connectivity index is 1.30. The number of nitrogens with one attached hydrogen (secondary N) is 1. The smallest absolute Gasteiger partial charge is 0.324 e. The first kappa shape index (κ1) is 37.9. The number of aliphatic hydroxyl groups is 1. The highest BCUT2D eigenvalue weighted by molar-refractivity contribution is 6.12. The Morgan fingerprint density at radius 3 is 2.20 bits per heavy atom. The van der Waals surface area contributed by atoms with Crippen molar-refractivity contribution in [3.63, 3.8) is 0 Å². The molecule has 4 heterocycles. The number of carbonyl (C=O) groups is 3. The number of methoxy groups -OCH3 is 2. The molecule has 5 aromatic carbocycles. The minimum Gasteiger partial charge on any atom is -0.508 e. The molecule has 2 amide bonds. The van der Waals surface area contributed by atoms with Crippen LogP contribution < -0.4 is 14.8 Å². The third-order valence-electron chi connectivity index (χ3n) is 12.3. The van der Waals surface area contributed by atoms with E-state index < -0.39 is 47.4 Å². The molecule has 0 saturated carbocycles. The fraction of sp³-hybridized carbons (Fsp3) is 0.271. The van der Waals surface area contributed by atoms with Crippen LogP contribution in [-0.2, 0) is 37.5 Å². The lowest BCUT2D eigenvalue weighted by Crippen LogP contribution is -2.56. The first-order valence-electron chi connectivity index (χ1n) is 19.7. The molecule has 11 heteroatoms. The molecule has 4 aliphatic heterocycles. The predicted molar refractivity (Wildman–Crippen MR) is 218 cm³/mol. The van der Waals surface area contributed by atoms with Gasteiger partial charge >= 0.3 is 5.97 Å². The summed E-state index contributed by atoms with van der Waals surface area (Å²) in [5.74, 6) is 4.57. The van der Waals surface area contributed by atoms with Gasteiger partial charge in [0.05, 0.1) is 38.8 Å². The molecule has 0 bridgehead atoms. The van der Waals surface area contributed by atoms with Crippen molar-refractivity contribution in [3.8, 4) is 29.1 Å². The molecule has 4 aliphatic rings. The van der Waals surface area contributed by atoms with Gasteiger partial charge in [-0.25, -0.2) is 0 Å². The number of carbonyl (C=O) groups excluding carboxylic acids is 3. The zero-order valence-electron chi connectivity index (χ0n) is 32.6. The number of hydrogen-bond donors (Lipinski definition) is 3. The zero-order chi connectivity index (χ0) is 40.8. The highest BCUT2D eigenvalue weighted by atomic mass is 16.6. The van der Waals surface area contributed by atoms with E-state index in [2.05, 4.69) is 17.2 Å². The van der Waals surface area contributed by atoms with Gasteiger partial charge in [0.15, 0.2) is 11.5 Å². The number of ether oxygens (including phenoxy) is 3. The van der Waals surface area contributed by atoms with E-state index in [0.29, 0.717) is 46.8 Å². The van der Waals surface area contributed by atoms with Crippen LogP contribution in [0, 0.1) is 17.8 Å². The minimum atomic E-state index is -1.70. The minimum absolute atomic E-state index is 0.0292. The summed E-state index contributed by atoms with van der Waals surface area (Å²) in [5.41, 5.74) is 4.04. The summed E-state index contributed by atoms with van der Waals surface area (Å²) in [7, 11) is 3.15. The van der Waals surface area contributed by atoms with E-state index in [1.54, 1.807) is 55.5 Å². The van der Waals surface area contributed by atoms with Crippen LogP contribution in [0.2, 0.25) is 0 Å². The molecular weight excluding hydrogens is 747 g/mol. The lowest BCUT2D eigenvalue weighted by Gasteiger charge is -2.46. The van der Waals surface area contributed by atoms with Crippen LogP contribution in [0.25, 0.3) is 0 Å². The molecule has 1 spiro atoms. The number of esters is 1. The van der Waals surface area contributed by atoms with Gasteiger partial charge < -0.3 is 34.6 Å². The van der Waals surface area contributed by atoms with Gasteiger partial charge in [0.1, 0.15) is 23.3 Å². The second-order valence-corrected chi connectivity index (χ2v) is 15.3. The predicted octanol–water partition coefficient (Wildman–Crippen LogP) is 6.00. The molecule has 0 radical (unpaired) electrons.